The predicted molar refractivity (Wildman–Crippen MR) is 67.4 cm³/mol. The fraction of sp³-hybridized carbons (Fsp3) is 0.429. The quantitative estimate of drug-likeness (QED) is 0.803. The van der Waals surface area contributed by atoms with Gasteiger partial charge >= 0.3 is 0 Å². The minimum absolute atomic E-state index is 0.0248. The van der Waals surface area contributed by atoms with Crippen molar-refractivity contribution in [1.29, 1.82) is 0 Å². The second kappa shape index (κ2) is 6.31. The third-order valence-corrected chi connectivity index (χ3v) is 2.98. The molecule has 1 unspecified atom stereocenters. The zero-order valence-corrected chi connectivity index (χ0v) is 10.2. The lowest BCUT2D eigenvalue weighted by Gasteiger charge is -2.09. The molecule has 1 saturated heterocycles. The number of hydrogen-bond donors (Lipinski definition) is 1. The monoisotopic (exact) mass is 247 g/mol. The molecule has 4 heteroatoms. The van der Waals surface area contributed by atoms with Crippen LogP contribution in [0.25, 0.3) is 0 Å². The minimum Gasteiger partial charge on any atom is -0.378 e. The first-order valence-corrected chi connectivity index (χ1v) is 6.22. The molecular weight excluding hydrogens is 230 g/mol. The zero-order chi connectivity index (χ0) is 12.8. The van der Waals surface area contributed by atoms with Gasteiger partial charge in [0, 0.05) is 12.2 Å². The van der Waals surface area contributed by atoms with E-state index in [0.717, 1.165) is 19.4 Å². The van der Waals surface area contributed by atoms with E-state index in [-0.39, 0.29) is 24.3 Å². The van der Waals surface area contributed by atoms with Crippen LogP contribution in [0.5, 0.6) is 0 Å². The summed E-state index contributed by atoms with van der Waals surface area (Å²) in [5.41, 5.74) is 0.620. The van der Waals surface area contributed by atoms with E-state index < -0.39 is 0 Å². The third-order valence-electron chi connectivity index (χ3n) is 2.98. The number of hydrogen-bond acceptors (Lipinski definition) is 3. The molecule has 2 rings (SSSR count). The minimum atomic E-state index is -0.119. The molecule has 1 fully saturated rings. The van der Waals surface area contributed by atoms with Crippen molar-refractivity contribution in [3.63, 3.8) is 0 Å². The molecule has 1 atom stereocenters. The highest BCUT2D eigenvalue weighted by Gasteiger charge is 2.19. The Morgan fingerprint density at radius 3 is 2.72 bits per heavy atom. The van der Waals surface area contributed by atoms with Crippen molar-refractivity contribution in [1.82, 2.24) is 5.32 Å². The fourth-order valence-corrected chi connectivity index (χ4v) is 1.99. The van der Waals surface area contributed by atoms with E-state index >= 15 is 0 Å². The normalized spacial score (nSPS) is 18.6. The van der Waals surface area contributed by atoms with Crippen LogP contribution >= 0.6 is 0 Å². The van der Waals surface area contributed by atoms with E-state index in [1.54, 1.807) is 24.3 Å². The zero-order valence-electron chi connectivity index (χ0n) is 10.2. The Morgan fingerprint density at radius 1 is 1.28 bits per heavy atom. The lowest BCUT2D eigenvalue weighted by atomic mass is 10.1. The van der Waals surface area contributed by atoms with Crippen molar-refractivity contribution in [3.05, 3.63) is 35.9 Å². The summed E-state index contributed by atoms with van der Waals surface area (Å²) in [6.07, 6.45) is 2.32. The third kappa shape index (κ3) is 3.67. The van der Waals surface area contributed by atoms with Gasteiger partial charge in [0.1, 0.15) is 0 Å². The van der Waals surface area contributed by atoms with Crippen LogP contribution < -0.4 is 5.32 Å². The Morgan fingerprint density at radius 2 is 2.06 bits per heavy atom. The van der Waals surface area contributed by atoms with E-state index in [0.29, 0.717) is 12.0 Å². The van der Waals surface area contributed by atoms with Crippen LogP contribution in [0.2, 0.25) is 0 Å². The smallest absolute Gasteiger partial charge is 0.222 e. The molecule has 0 spiro atoms. The molecule has 0 aliphatic carbocycles. The van der Waals surface area contributed by atoms with Gasteiger partial charge in [-0.2, -0.15) is 0 Å². The molecule has 1 heterocycles. The molecule has 1 aliphatic heterocycles. The van der Waals surface area contributed by atoms with Gasteiger partial charge in [-0.15, -0.1) is 0 Å². The molecule has 18 heavy (non-hydrogen) atoms. The fourth-order valence-electron chi connectivity index (χ4n) is 1.99. The van der Waals surface area contributed by atoms with Gasteiger partial charge in [-0.05, 0) is 12.8 Å². The number of rotatable bonds is 5. The van der Waals surface area contributed by atoms with Gasteiger partial charge < -0.3 is 10.1 Å². The molecule has 0 aromatic heterocycles. The number of Topliss-reactive ketones (excluding diaryl/α,β-unsaturated/α-hetero) is 1. The summed E-state index contributed by atoms with van der Waals surface area (Å²) in [7, 11) is 0. The highest BCUT2D eigenvalue weighted by atomic mass is 16.5. The Kier molecular flexibility index (Phi) is 4.47. The van der Waals surface area contributed by atoms with Crippen LogP contribution in [-0.4, -0.2) is 30.9 Å². The maximum Gasteiger partial charge on any atom is 0.222 e. The largest absolute Gasteiger partial charge is 0.378 e. The summed E-state index contributed by atoms with van der Waals surface area (Å²) in [6.45, 7) is 0.788. The van der Waals surface area contributed by atoms with Gasteiger partial charge in [-0.25, -0.2) is 0 Å². The van der Waals surface area contributed by atoms with Crippen molar-refractivity contribution in [2.75, 3.05) is 13.2 Å². The average Bonchev–Trinajstić information content (AvgIpc) is 2.90. The van der Waals surface area contributed by atoms with E-state index in [1.807, 2.05) is 6.07 Å². The number of ether oxygens (including phenoxy) is 1. The summed E-state index contributed by atoms with van der Waals surface area (Å²) in [6, 6.07) is 8.96. The Labute approximate surface area is 106 Å². The van der Waals surface area contributed by atoms with Crippen LogP contribution in [-0.2, 0) is 9.53 Å². The number of nitrogens with one attached hydrogen (secondary N) is 1. The molecule has 96 valence electrons. The summed E-state index contributed by atoms with van der Waals surface area (Å²) in [5.74, 6) is -0.192. The van der Waals surface area contributed by atoms with Crippen molar-refractivity contribution in [3.8, 4) is 0 Å². The maximum atomic E-state index is 11.7. The Bertz CT molecular complexity index is 410. The van der Waals surface area contributed by atoms with Gasteiger partial charge in [0.15, 0.2) is 5.78 Å². The highest BCUT2D eigenvalue weighted by molar-refractivity contribution is 5.99. The molecule has 1 aliphatic rings. The molecule has 1 amide bonds. The second-order valence-corrected chi connectivity index (χ2v) is 4.41. The van der Waals surface area contributed by atoms with Gasteiger partial charge in [-0.3, -0.25) is 9.59 Å². The molecule has 0 saturated carbocycles. The van der Waals surface area contributed by atoms with E-state index in [2.05, 4.69) is 5.32 Å². The number of amides is 1. The first-order chi connectivity index (χ1) is 8.75. The van der Waals surface area contributed by atoms with Crippen LogP contribution in [0, 0.1) is 0 Å². The van der Waals surface area contributed by atoms with Crippen molar-refractivity contribution in [2.24, 2.45) is 0 Å². The van der Waals surface area contributed by atoms with Crippen molar-refractivity contribution >= 4 is 11.7 Å². The topological polar surface area (TPSA) is 55.4 Å². The lowest BCUT2D eigenvalue weighted by molar-refractivity contribution is -0.123. The average molecular weight is 247 g/mol. The number of carbonyl (C=O) groups excluding carboxylic acids is 2. The first-order valence-electron chi connectivity index (χ1n) is 6.22. The number of benzene rings is 1. The Hall–Kier alpha value is -1.68. The predicted octanol–water partition coefficient (Wildman–Crippen LogP) is 1.55. The van der Waals surface area contributed by atoms with Crippen LogP contribution in [0.15, 0.2) is 30.3 Å². The Balaban J connectivity index is 1.74. The highest BCUT2D eigenvalue weighted by Crippen LogP contribution is 2.14. The van der Waals surface area contributed by atoms with E-state index in [1.165, 1.54) is 0 Å². The molecule has 4 nitrogen and oxygen atoms in total. The standard InChI is InChI=1S/C14H17NO3/c16-13(11-5-2-1-3-6-11)10-15-14(17)9-12-7-4-8-18-12/h1-3,5-6,12H,4,7-10H2,(H,15,17). The SMILES string of the molecule is O=C(CC1CCCO1)NCC(=O)c1ccccc1. The summed E-state index contributed by atoms with van der Waals surface area (Å²) < 4.78 is 5.37. The van der Waals surface area contributed by atoms with Gasteiger partial charge in [0.25, 0.3) is 0 Å². The summed E-state index contributed by atoms with van der Waals surface area (Å²) in [4.78, 5) is 23.3. The molecule has 0 bridgehead atoms. The van der Waals surface area contributed by atoms with E-state index in [9.17, 15) is 9.59 Å². The van der Waals surface area contributed by atoms with Gasteiger partial charge in [0.05, 0.1) is 19.1 Å². The molecule has 1 aromatic carbocycles. The van der Waals surface area contributed by atoms with E-state index in [4.69, 9.17) is 4.74 Å². The van der Waals surface area contributed by atoms with Gasteiger partial charge in [0.2, 0.25) is 5.91 Å². The second-order valence-electron chi connectivity index (χ2n) is 4.41. The number of carbonyl (C=O) groups is 2. The molecule has 1 N–H and O–H groups in total. The lowest BCUT2D eigenvalue weighted by Crippen LogP contribution is -2.31. The molecule has 0 radical (unpaired) electrons. The van der Waals surface area contributed by atoms with Crippen LogP contribution in [0.3, 0.4) is 0 Å². The first kappa shape index (κ1) is 12.8. The van der Waals surface area contributed by atoms with Crippen molar-refractivity contribution < 1.29 is 14.3 Å². The van der Waals surface area contributed by atoms with Crippen molar-refractivity contribution in [2.45, 2.75) is 25.4 Å². The molecular formula is C14H17NO3. The number of ketones is 1. The maximum absolute atomic E-state index is 11.7. The summed E-state index contributed by atoms with van der Waals surface area (Å²) in [5, 5.41) is 2.64. The van der Waals surface area contributed by atoms with Crippen LogP contribution in [0.1, 0.15) is 29.6 Å². The summed E-state index contributed by atoms with van der Waals surface area (Å²) >= 11 is 0. The van der Waals surface area contributed by atoms with Crippen LogP contribution in [0.4, 0.5) is 0 Å². The molecule has 1 aromatic rings. The van der Waals surface area contributed by atoms with Gasteiger partial charge in [-0.1, -0.05) is 30.3 Å².